The van der Waals surface area contributed by atoms with Crippen LogP contribution in [0.15, 0.2) is 18.2 Å². The number of halogens is 2. The van der Waals surface area contributed by atoms with Crippen LogP contribution < -0.4 is 10.1 Å². The van der Waals surface area contributed by atoms with Gasteiger partial charge in [-0.05, 0) is 18.6 Å². The van der Waals surface area contributed by atoms with Crippen LogP contribution in [-0.2, 0) is 0 Å². The highest BCUT2D eigenvalue weighted by Crippen LogP contribution is 2.35. The number of nitrogens with one attached hydrogen (secondary N) is 1. The van der Waals surface area contributed by atoms with Crippen molar-refractivity contribution in [2.24, 2.45) is 0 Å². The van der Waals surface area contributed by atoms with E-state index in [1.165, 1.54) is 12.8 Å². The van der Waals surface area contributed by atoms with E-state index in [4.69, 9.17) is 4.74 Å². The number of unbranched alkanes of at least 4 members (excludes halogenated alkanes) is 2. The molecule has 0 spiro atoms. The molecule has 0 bridgehead atoms. The highest BCUT2D eigenvalue weighted by molar-refractivity contribution is 5.85. The first-order valence-corrected chi connectivity index (χ1v) is 8.05. The van der Waals surface area contributed by atoms with Crippen LogP contribution in [0.2, 0.25) is 0 Å². The van der Waals surface area contributed by atoms with Gasteiger partial charge in [-0.25, -0.2) is 4.39 Å². The standard InChI is InChI=1S/C17H27FN2O.ClH/c1-3-4-5-8-15(20-12-10-19-11-13-20)17-14(18)7-6-9-16(17)21-2;/h6-7,9,15,19H,3-5,8,10-13H2,1-2H3;1H/t15-;/m0./s1. The second kappa shape index (κ2) is 10.0. The molecule has 5 heteroatoms. The third-order valence-corrected chi connectivity index (χ3v) is 4.24. The minimum atomic E-state index is -0.144. The molecule has 1 aromatic carbocycles. The molecule has 0 saturated carbocycles. The molecule has 0 aliphatic carbocycles. The van der Waals surface area contributed by atoms with Crippen LogP contribution in [-0.4, -0.2) is 38.2 Å². The average Bonchev–Trinajstić information content (AvgIpc) is 2.53. The molecule has 1 N–H and O–H groups in total. The number of rotatable bonds is 7. The van der Waals surface area contributed by atoms with E-state index in [0.29, 0.717) is 5.75 Å². The number of methoxy groups -OCH3 is 1. The van der Waals surface area contributed by atoms with Crippen molar-refractivity contribution in [2.45, 2.75) is 38.6 Å². The molecule has 3 nitrogen and oxygen atoms in total. The zero-order valence-corrected chi connectivity index (χ0v) is 14.4. The maximum Gasteiger partial charge on any atom is 0.131 e. The van der Waals surface area contributed by atoms with Crippen molar-refractivity contribution in [3.05, 3.63) is 29.6 Å². The lowest BCUT2D eigenvalue weighted by Crippen LogP contribution is -2.45. The highest BCUT2D eigenvalue weighted by atomic mass is 35.5. The quantitative estimate of drug-likeness (QED) is 0.770. The SMILES string of the molecule is CCCCC[C@@H](c1c(F)cccc1OC)N1CCNCC1.Cl. The summed E-state index contributed by atoms with van der Waals surface area (Å²) in [5.74, 6) is 0.532. The number of benzene rings is 1. The predicted molar refractivity (Wildman–Crippen MR) is 91.5 cm³/mol. The van der Waals surface area contributed by atoms with Gasteiger partial charge in [-0.1, -0.05) is 32.3 Å². The van der Waals surface area contributed by atoms with Crippen LogP contribution in [0, 0.1) is 5.82 Å². The lowest BCUT2D eigenvalue weighted by molar-refractivity contribution is 0.156. The Morgan fingerprint density at radius 3 is 2.64 bits per heavy atom. The molecule has 2 rings (SSSR count). The van der Waals surface area contributed by atoms with Crippen LogP contribution >= 0.6 is 12.4 Å². The maximum absolute atomic E-state index is 14.4. The molecule has 22 heavy (non-hydrogen) atoms. The lowest BCUT2D eigenvalue weighted by Gasteiger charge is -2.36. The molecular formula is C17H28ClFN2O. The molecular weight excluding hydrogens is 303 g/mol. The molecule has 0 amide bonds. The minimum Gasteiger partial charge on any atom is -0.496 e. The van der Waals surface area contributed by atoms with Crippen molar-refractivity contribution in [3.63, 3.8) is 0 Å². The van der Waals surface area contributed by atoms with Crippen molar-refractivity contribution in [1.29, 1.82) is 0 Å². The van der Waals surface area contributed by atoms with Crippen LogP contribution in [0.5, 0.6) is 5.75 Å². The first kappa shape index (κ1) is 19.2. The Hall–Kier alpha value is -0.840. The van der Waals surface area contributed by atoms with Crippen LogP contribution in [0.1, 0.15) is 44.2 Å². The Labute approximate surface area is 139 Å². The van der Waals surface area contributed by atoms with Gasteiger partial charge in [-0.15, -0.1) is 12.4 Å². The number of piperazine rings is 1. The first-order valence-electron chi connectivity index (χ1n) is 8.05. The number of hydrogen-bond donors (Lipinski definition) is 1. The predicted octanol–water partition coefficient (Wildman–Crippen LogP) is 3.78. The summed E-state index contributed by atoms with van der Waals surface area (Å²) in [6.45, 7) is 6.08. The summed E-state index contributed by atoms with van der Waals surface area (Å²) >= 11 is 0. The summed E-state index contributed by atoms with van der Waals surface area (Å²) in [6, 6.07) is 5.26. The van der Waals surface area contributed by atoms with Gasteiger partial charge in [-0.2, -0.15) is 0 Å². The van der Waals surface area contributed by atoms with E-state index in [-0.39, 0.29) is 24.3 Å². The Bertz CT molecular complexity index is 439. The molecule has 1 heterocycles. The molecule has 1 aliphatic rings. The van der Waals surface area contributed by atoms with Gasteiger partial charge in [0.05, 0.1) is 7.11 Å². The van der Waals surface area contributed by atoms with Crippen molar-refractivity contribution >= 4 is 12.4 Å². The Morgan fingerprint density at radius 2 is 2.00 bits per heavy atom. The van der Waals surface area contributed by atoms with Gasteiger partial charge < -0.3 is 10.1 Å². The van der Waals surface area contributed by atoms with Crippen molar-refractivity contribution in [2.75, 3.05) is 33.3 Å². The molecule has 1 fully saturated rings. The topological polar surface area (TPSA) is 24.5 Å². The highest BCUT2D eigenvalue weighted by Gasteiger charge is 2.27. The fourth-order valence-electron chi connectivity index (χ4n) is 3.11. The van der Waals surface area contributed by atoms with Gasteiger partial charge in [0, 0.05) is 37.8 Å². The Balaban J connectivity index is 0.00000242. The van der Waals surface area contributed by atoms with Gasteiger partial charge in [0.25, 0.3) is 0 Å². The summed E-state index contributed by atoms with van der Waals surface area (Å²) in [4.78, 5) is 2.40. The summed E-state index contributed by atoms with van der Waals surface area (Å²) in [5.41, 5.74) is 0.734. The fourth-order valence-corrected chi connectivity index (χ4v) is 3.11. The average molecular weight is 331 g/mol. The molecule has 1 atom stereocenters. The van der Waals surface area contributed by atoms with E-state index in [1.807, 2.05) is 6.07 Å². The summed E-state index contributed by atoms with van der Waals surface area (Å²) in [7, 11) is 1.62. The second-order valence-corrected chi connectivity index (χ2v) is 5.65. The van der Waals surface area contributed by atoms with Crippen molar-refractivity contribution in [1.82, 2.24) is 10.2 Å². The van der Waals surface area contributed by atoms with E-state index < -0.39 is 0 Å². The van der Waals surface area contributed by atoms with Crippen molar-refractivity contribution in [3.8, 4) is 5.75 Å². The third kappa shape index (κ3) is 4.83. The number of ether oxygens (including phenoxy) is 1. The number of nitrogens with zero attached hydrogens (tertiary/aromatic N) is 1. The molecule has 0 unspecified atom stereocenters. The Morgan fingerprint density at radius 1 is 1.27 bits per heavy atom. The molecule has 1 aliphatic heterocycles. The van der Waals surface area contributed by atoms with E-state index >= 15 is 0 Å². The van der Waals surface area contributed by atoms with E-state index in [1.54, 1.807) is 19.2 Å². The van der Waals surface area contributed by atoms with Gasteiger partial charge in [0.1, 0.15) is 11.6 Å². The van der Waals surface area contributed by atoms with Crippen LogP contribution in [0.3, 0.4) is 0 Å². The number of hydrogen-bond acceptors (Lipinski definition) is 3. The van der Waals surface area contributed by atoms with Gasteiger partial charge in [0.15, 0.2) is 0 Å². The second-order valence-electron chi connectivity index (χ2n) is 5.65. The zero-order valence-electron chi connectivity index (χ0n) is 13.6. The van der Waals surface area contributed by atoms with E-state index in [2.05, 4.69) is 17.1 Å². The fraction of sp³-hybridized carbons (Fsp3) is 0.647. The summed E-state index contributed by atoms with van der Waals surface area (Å²) < 4.78 is 19.9. The molecule has 0 radical (unpaired) electrons. The van der Waals surface area contributed by atoms with Gasteiger partial charge >= 0.3 is 0 Å². The molecule has 1 saturated heterocycles. The summed E-state index contributed by atoms with van der Waals surface area (Å²) in [5, 5.41) is 3.36. The monoisotopic (exact) mass is 330 g/mol. The third-order valence-electron chi connectivity index (χ3n) is 4.24. The smallest absolute Gasteiger partial charge is 0.131 e. The Kier molecular flexibility index (Phi) is 8.76. The molecule has 126 valence electrons. The lowest BCUT2D eigenvalue weighted by atomic mass is 9.96. The van der Waals surface area contributed by atoms with E-state index in [9.17, 15) is 4.39 Å². The largest absolute Gasteiger partial charge is 0.496 e. The maximum atomic E-state index is 14.4. The molecule has 1 aromatic rings. The van der Waals surface area contributed by atoms with Crippen molar-refractivity contribution < 1.29 is 9.13 Å². The normalized spacial score (nSPS) is 16.9. The minimum absolute atomic E-state index is 0. The molecule has 0 aromatic heterocycles. The first-order chi connectivity index (χ1) is 10.3. The zero-order chi connectivity index (χ0) is 15.1. The van der Waals surface area contributed by atoms with Gasteiger partial charge in [0.2, 0.25) is 0 Å². The summed E-state index contributed by atoms with van der Waals surface area (Å²) in [6.07, 6.45) is 4.50. The van der Waals surface area contributed by atoms with Crippen LogP contribution in [0.4, 0.5) is 4.39 Å². The van der Waals surface area contributed by atoms with Crippen LogP contribution in [0.25, 0.3) is 0 Å². The van der Waals surface area contributed by atoms with E-state index in [0.717, 1.165) is 44.6 Å². The van der Waals surface area contributed by atoms with Gasteiger partial charge in [-0.3, -0.25) is 4.90 Å².